The lowest BCUT2D eigenvalue weighted by Crippen LogP contribution is -2.34. The van der Waals surface area contributed by atoms with Gasteiger partial charge < -0.3 is 4.74 Å². The van der Waals surface area contributed by atoms with E-state index >= 15 is 0 Å². The number of hydrogen-bond acceptors (Lipinski definition) is 6. The Kier molecular flexibility index (Phi) is 6.22. The van der Waals surface area contributed by atoms with Gasteiger partial charge in [-0.05, 0) is 39.0 Å². The number of thiazole rings is 1. The molecule has 7 nitrogen and oxygen atoms in total. The van der Waals surface area contributed by atoms with E-state index in [0.717, 1.165) is 28.4 Å². The topological polar surface area (TPSA) is 85.6 Å². The molecule has 0 aliphatic carbocycles. The Hall–Kier alpha value is -3.47. The lowest BCUT2D eigenvalue weighted by molar-refractivity contribution is -0.384. The van der Waals surface area contributed by atoms with E-state index in [0.29, 0.717) is 11.3 Å². The molecule has 168 valence electrons. The number of carbonyl (C=O) groups is 1. The van der Waals surface area contributed by atoms with Crippen LogP contribution in [0.25, 0.3) is 11.3 Å². The smallest absolute Gasteiger partial charge is 0.421 e. The van der Waals surface area contributed by atoms with Crippen molar-refractivity contribution in [2.45, 2.75) is 32.5 Å². The van der Waals surface area contributed by atoms with E-state index in [1.807, 2.05) is 0 Å². The number of alkyl halides is 3. The maximum absolute atomic E-state index is 13.2. The molecule has 0 unspecified atom stereocenters. The summed E-state index contributed by atoms with van der Waals surface area (Å²) in [6, 6.07) is 10.00. The van der Waals surface area contributed by atoms with Crippen molar-refractivity contribution >= 4 is 33.9 Å². The van der Waals surface area contributed by atoms with Gasteiger partial charge in [-0.2, -0.15) is 13.2 Å². The van der Waals surface area contributed by atoms with E-state index < -0.39 is 28.4 Å². The van der Waals surface area contributed by atoms with Crippen LogP contribution in [0.2, 0.25) is 0 Å². The maximum Gasteiger partial charge on any atom is 0.421 e. The lowest BCUT2D eigenvalue weighted by atomic mass is 10.1. The molecule has 1 heterocycles. The van der Waals surface area contributed by atoms with Gasteiger partial charge in [0.15, 0.2) is 5.13 Å². The third-order valence-electron chi connectivity index (χ3n) is 4.04. The molecular formula is C21H18F3N3O4S. The summed E-state index contributed by atoms with van der Waals surface area (Å²) >= 11 is 0.992. The molecule has 1 aromatic heterocycles. The number of nitrogens with zero attached hydrogens (tertiary/aromatic N) is 3. The second kappa shape index (κ2) is 8.58. The second-order valence-corrected chi connectivity index (χ2v) is 8.52. The van der Waals surface area contributed by atoms with Gasteiger partial charge in [0.25, 0.3) is 5.69 Å². The molecule has 0 bridgehead atoms. The highest BCUT2D eigenvalue weighted by Crippen LogP contribution is 2.37. The standard InChI is InChI=1S/C21H18F3N3O4S/c1-20(2,3)31-19(28)26(15-8-5-7-14(11-15)21(22,23)24)18-25-17(12-32-18)13-6-4-9-16(10-13)27(29)30/h4-12H,1-3H3. The normalized spacial score (nSPS) is 11.8. The molecule has 0 radical (unpaired) electrons. The van der Waals surface area contributed by atoms with Crippen molar-refractivity contribution in [2.75, 3.05) is 4.90 Å². The van der Waals surface area contributed by atoms with Gasteiger partial charge in [-0.25, -0.2) is 14.7 Å². The van der Waals surface area contributed by atoms with Gasteiger partial charge >= 0.3 is 12.3 Å². The zero-order valence-electron chi connectivity index (χ0n) is 17.2. The van der Waals surface area contributed by atoms with Crippen molar-refractivity contribution in [1.82, 2.24) is 4.98 Å². The Morgan fingerprint density at radius 1 is 1.12 bits per heavy atom. The number of nitro groups is 1. The van der Waals surface area contributed by atoms with Gasteiger partial charge in [0.05, 0.1) is 21.9 Å². The highest BCUT2D eigenvalue weighted by molar-refractivity contribution is 7.14. The first-order valence-corrected chi connectivity index (χ1v) is 10.1. The van der Waals surface area contributed by atoms with Crippen molar-refractivity contribution < 1.29 is 27.6 Å². The van der Waals surface area contributed by atoms with Crippen LogP contribution in [0.15, 0.2) is 53.9 Å². The van der Waals surface area contributed by atoms with Crippen molar-refractivity contribution in [3.8, 4) is 11.3 Å². The first-order chi connectivity index (χ1) is 14.8. The number of amides is 1. The number of non-ortho nitro benzene ring substituents is 1. The summed E-state index contributed by atoms with van der Waals surface area (Å²) in [7, 11) is 0. The number of nitro benzene ring substituents is 1. The number of rotatable bonds is 4. The van der Waals surface area contributed by atoms with E-state index in [-0.39, 0.29) is 16.5 Å². The Labute approximate surface area is 185 Å². The van der Waals surface area contributed by atoms with Crippen LogP contribution in [0.5, 0.6) is 0 Å². The number of carbonyl (C=O) groups excluding carboxylic acids is 1. The van der Waals surface area contributed by atoms with Crippen LogP contribution in [0, 0.1) is 10.1 Å². The molecule has 0 aliphatic rings. The van der Waals surface area contributed by atoms with Crippen LogP contribution >= 0.6 is 11.3 Å². The monoisotopic (exact) mass is 465 g/mol. The molecule has 11 heteroatoms. The Bertz CT molecular complexity index is 1160. The highest BCUT2D eigenvalue weighted by atomic mass is 32.1. The minimum Gasteiger partial charge on any atom is -0.443 e. The van der Waals surface area contributed by atoms with Gasteiger partial charge in [0.2, 0.25) is 0 Å². The van der Waals surface area contributed by atoms with Crippen LogP contribution in [-0.2, 0) is 10.9 Å². The Morgan fingerprint density at radius 2 is 1.81 bits per heavy atom. The molecule has 0 spiro atoms. The third kappa shape index (κ3) is 5.41. The summed E-state index contributed by atoms with van der Waals surface area (Å²) in [5.41, 5.74) is -1.30. The van der Waals surface area contributed by atoms with Crippen molar-refractivity contribution in [3.63, 3.8) is 0 Å². The first-order valence-electron chi connectivity index (χ1n) is 9.26. The van der Waals surface area contributed by atoms with Crippen molar-refractivity contribution in [3.05, 3.63) is 69.6 Å². The van der Waals surface area contributed by atoms with Gasteiger partial charge in [-0.15, -0.1) is 11.3 Å². The summed E-state index contributed by atoms with van der Waals surface area (Å²) in [4.78, 5) is 28.7. The fourth-order valence-corrected chi connectivity index (χ4v) is 3.54. The van der Waals surface area contributed by atoms with Crippen LogP contribution in [0.3, 0.4) is 0 Å². The quantitative estimate of drug-likeness (QED) is 0.312. The average molecular weight is 465 g/mol. The first kappa shape index (κ1) is 23.2. The minimum atomic E-state index is -4.60. The third-order valence-corrected chi connectivity index (χ3v) is 4.87. The predicted molar refractivity (Wildman–Crippen MR) is 114 cm³/mol. The maximum atomic E-state index is 13.2. The molecule has 0 aliphatic heterocycles. The predicted octanol–water partition coefficient (Wildman–Crippen LogP) is 6.81. The zero-order valence-corrected chi connectivity index (χ0v) is 18.0. The van der Waals surface area contributed by atoms with Gasteiger partial charge in [0.1, 0.15) is 5.60 Å². The summed E-state index contributed by atoms with van der Waals surface area (Å²) in [5, 5.41) is 12.7. The molecule has 0 N–H and O–H groups in total. The molecule has 0 atom stereocenters. The van der Waals surface area contributed by atoms with E-state index in [4.69, 9.17) is 4.74 Å². The van der Waals surface area contributed by atoms with Gasteiger partial charge in [-0.3, -0.25) is 10.1 Å². The summed E-state index contributed by atoms with van der Waals surface area (Å²) in [6.07, 6.45) is -5.51. The van der Waals surface area contributed by atoms with Gasteiger partial charge in [0, 0.05) is 23.1 Å². The van der Waals surface area contributed by atoms with Crippen molar-refractivity contribution in [2.24, 2.45) is 0 Å². The van der Waals surface area contributed by atoms with Crippen LogP contribution in [0.4, 0.5) is 34.5 Å². The molecule has 0 saturated carbocycles. The van der Waals surface area contributed by atoms with Crippen LogP contribution < -0.4 is 4.90 Å². The molecular weight excluding hydrogens is 447 g/mol. The fourth-order valence-electron chi connectivity index (χ4n) is 2.70. The summed E-state index contributed by atoms with van der Waals surface area (Å²) in [6.45, 7) is 4.89. The van der Waals surface area contributed by atoms with E-state index in [9.17, 15) is 28.1 Å². The van der Waals surface area contributed by atoms with Crippen molar-refractivity contribution in [1.29, 1.82) is 0 Å². The molecule has 32 heavy (non-hydrogen) atoms. The number of anilines is 2. The molecule has 3 rings (SSSR count). The number of hydrogen-bond donors (Lipinski definition) is 0. The van der Waals surface area contributed by atoms with E-state index in [1.165, 1.54) is 30.3 Å². The summed E-state index contributed by atoms with van der Waals surface area (Å²) < 4.78 is 45.1. The molecule has 0 saturated heterocycles. The molecule has 0 fully saturated rings. The van der Waals surface area contributed by atoms with E-state index in [2.05, 4.69) is 4.98 Å². The summed E-state index contributed by atoms with van der Waals surface area (Å²) in [5.74, 6) is 0. The molecule has 2 aromatic carbocycles. The Morgan fingerprint density at radius 3 is 2.44 bits per heavy atom. The Balaban J connectivity index is 2.07. The highest BCUT2D eigenvalue weighted by Gasteiger charge is 2.33. The molecule has 1 amide bonds. The second-order valence-electron chi connectivity index (χ2n) is 7.69. The van der Waals surface area contributed by atoms with Gasteiger partial charge in [-0.1, -0.05) is 18.2 Å². The van der Waals surface area contributed by atoms with Crippen LogP contribution in [0.1, 0.15) is 26.3 Å². The SMILES string of the molecule is CC(C)(C)OC(=O)N(c1cccc(C(F)(F)F)c1)c1nc(-c2cccc([N+](=O)[O-])c2)cs1. The van der Waals surface area contributed by atoms with Crippen LogP contribution in [-0.4, -0.2) is 21.6 Å². The molecule has 3 aromatic rings. The average Bonchev–Trinajstić information content (AvgIpc) is 3.16. The lowest BCUT2D eigenvalue weighted by Gasteiger charge is -2.26. The largest absolute Gasteiger partial charge is 0.443 e. The number of halogens is 3. The number of benzene rings is 2. The zero-order chi connectivity index (χ0) is 23.7. The number of ether oxygens (including phenoxy) is 1. The number of aromatic nitrogens is 1. The fraction of sp³-hybridized carbons (Fsp3) is 0.238. The minimum absolute atomic E-state index is 0.0556. The van der Waals surface area contributed by atoms with E-state index in [1.54, 1.807) is 32.2 Å².